The summed E-state index contributed by atoms with van der Waals surface area (Å²) in [5.41, 5.74) is 6.84. The van der Waals surface area contributed by atoms with E-state index in [4.69, 9.17) is 0 Å². The molecule has 0 N–H and O–H groups in total. The number of fused-ring (bicyclic) bond motifs is 3. The predicted octanol–water partition coefficient (Wildman–Crippen LogP) is 4.96. The Morgan fingerprint density at radius 2 is 1.68 bits per heavy atom. The molecule has 2 aromatic rings. The molecule has 1 atom stereocenters. The van der Waals surface area contributed by atoms with Gasteiger partial charge in [-0.3, -0.25) is 0 Å². The summed E-state index contributed by atoms with van der Waals surface area (Å²) in [5, 5.41) is 0. The third-order valence-electron chi connectivity index (χ3n) is 3.93. The van der Waals surface area contributed by atoms with Gasteiger partial charge in [0, 0.05) is 5.92 Å². The normalized spacial score (nSPS) is 18.9. The first-order valence-electron chi connectivity index (χ1n) is 6.68. The molecule has 0 aromatic heterocycles. The zero-order chi connectivity index (χ0) is 12.7. The lowest BCUT2D eigenvalue weighted by atomic mass is 9.90. The van der Waals surface area contributed by atoms with E-state index in [9.17, 15) is 0 Å². The van der Waals surface area contributed by atoms with Crippen molar-refractivity contribution in [3.05, 3.63) is 89.5 Å². The van der Waals surface area contributed by atoms with Crippen molar-refractivity contribution in [2.75, 3.05) is 0 Å². The van der Waals surface area contributed by atoms with E-state index in [1.807, 2.05) is 0 Å². The monoisotopic (exact) mass is 242 g/mol. The summed E-state index contributed by atoms with van der Waals surface area (Å²) in [7, 11) is 0. The summed E-state index contributed by atoms with van der Waals surface area (Å²) in [6.45, 7) is 0. The summed E-state index contributed by atoms with van der Waals surface area (Å²) >= 11 is 0. The molecule has 0 heteroatoms. The minimum absolute atomic E-state index is 0.448. The number of hydrogen-bond acceptors (Lipinski definition) is 0. The van der Waals surface area contributed by atoms with Crippen LogP contribution in [0, 0.1) is 0 Å². The molecule has 0 bridgehead atoms. The number of hydrogen-bond donors (Lipinski definition) is 0. The third-order valence-corrected chi connectivity index (χ3v) is 3.93. The minimum atomic E-state index is 0.448. The Labute approximate surface area is 113 Å². The van der Waals surface area contributed by atoms with Crippen molar-refractivity contribution in [3.8, 4) is 11.1 Å². The zero-order valence-electron chi connectivity index (χ0n) is 10.6. The Kier molecular flexibility index (Phi) is 2.28. The number of benzene rings is 2. The van der Waals surface area contributed by atoms with E-state index in [0.29, 0.717) is 5.92 Å². The second-order valence-corrected chi connectivity index (χ2v) is 5.04. The molecule has 0 radical (unpaired) electrons. The van der Waals surface area contributed by atoms with Crippen LogP contribution in [0.4, 0.5) is 0 Å². The van der Waals surface area contributed by atoms with Crippen molar-refractivity contribution in [3.63, 3.8) is 0 Å². The quantitative estimate of drug-likeness (QED) is 0.663. The van der Waals surface area contributed by atoms with Crippen LogP contribution in [0.2, 0.25) is 0 Å². The van der Waals surface area contributed by atoms with Gasteiger partial charge in [-0.15, -0.1) is 0 Å². The van der Waals surface area contributed by atoms with Gasteiger partial charge in [0.1, 0.15) is 0 Å². The Balaban J connectivity index is 1.94. The molecule has 0 amide bonds. The molecule has 0 saturated heterocycles. The molecule has 4 rings (SSSR count). The first-order chi connectivity index (χ1) is 9.43. The summed E-state index contributed by atoms with van der Waals surface area (Å²) in [4.78, 5) is 0. The Morgan fingerprint density at radius 3 is 2.58 bits per heavy atom. The summed E-state index contributed by atoms with van der Waals surface area (Å²) < 4.78 is 0. The fraction of sp³-hybridized carbons (Fsp3) is 0.0526. The third kappa shape index (κ3) is 1.61. The molecule has 90 valence electrons. The SMILES string of the molecule is C1=CC2=Cc3c(-c4ccccc4)cccc3C2C=C1. The fourth-order valence-corrected chi connectivity index (χ4v) is 3.03. The van der Waals surface area contributed by atoms with Gasteiger partial charge in [-0.05, 0) is 33.9 Å². The second kappa shape index (κ2) is 4.10. The van der Waals surface area contributed by atoms with E-state index in [0.717, 1.165) is 0 Å². The molecule has 0 saturated carbocycles. The molecule has 19 heavy (non-hydrogen) atoms. The van der Waals surface area contributed by atoms with E-state index in [1.54, 1.807) is 0 Å². The maximum absolute atomic E-state index is 2.34. The van der Waals surface area contributed by atoms with E-state index < -0.39 is 0 Å². The van der Waals surface area contributed by atoms with E-state index in [1.165, 1.54) is 27.8 Å². The minimum Gasteiger partial charge on any atom is -0.0726 e. The summed E-state index contributed by atoms with van der Waals surface area (Å²) in [5.74, 6) is 0.448. The zero-order valence-corrected chi connectivity index (χ0v) is 10.6. The average molecular weight is 242 g/mol. The Hall–Kier alpha value is -2.34. The average Bonchev–Trinajstić information content (AvgIpc) is 2.87. The van der Waals surface area contributed by atoms with Gasteiger partial charge in [0.15, 0.2) is 0 Å². The summed E-state index contributed by atoms with van der Waals surface area (Å²) in [6, 6.07) is 17.3. The lowest BCUT2D eigenvalue weighted by Crippen LogP contribution is -1.96. The molecule has 1 unspecified atom stereocenters. The smallest absolute Gasteiger partial charge is 0.0278 e. The van der Waals surface area contributed by atoms with Gasteiger partial charge in [-0.2, -0.15) is 0 Å². The maximum atomic E-state index is 2.34. The van der Waals surface area contributed by atoms with Crippen molar-refractivity contribution in [1.82, 2.24) is 0 Å². The Morgan fingerprint density at radius 1 is 0.789 bits per heavy atom. The molecule has 0 nitrogen and oxygen atoms in total. The van der Waals surface area contributed by atoms with E-state index in [2.05, 4.69) is 78.9 Å². The topological polar surface area (TPSA) is 0 Å². The van der Waals surface area contributed by atoms with Crippen LogP contribution in [-0.4, -0.2) is 0 Å². The highest BCUT2D eigenvalue weighted by molar-refractivity contribution is 5.83. The molecule has 0 heterocycles. The Bertz CT molecular complexity index is 715. The van der Waals surface area contributed by atoms with Gasteiger partial charge >= 0.3 is 0 Å². The van der Waals surface area contributed by atoms with Crippen LogP contribution in [0.3, 0.4) is 0 Å². The van der Waals surface area contributed by atoms with Crippen molar-refractivity contribution >= 4 is 6.08 Å². The first kappa shape index (κ1) is 10.6. The van der Waals surface area contributed by atoms with E-state index in [-0.39, 0.29) is 0 Å². The van der Waals surface area contributed by atoms with Gasteiger partial charge in [0.05, 0.1) is 0 Å². The van der Waals surface area contributed by atoms with Gasteiger partial charge in [0.25, 0.3) is 0 Å². The van der Waals surface area contributed by atoms with Gasteiger partial charge < -0.3 is 0 Å². The first-order valence-corrected chi connectivity index (χ1v) is 6.68. The highest BCUT2D eigenvalue weighted by Gasteiger charge is 2.24. The highest BCUT2D eigenvalue weighted by atomic mass is 14.3. The van der Waals surface area contributed by atoms with Crippen LogP contribution >= 0.6 is 0 Å². The standard InChI is InChI=1S/C19H14/c1-2-7-14(8-3-1)16-11-6-12-18-17-10-5-4-9-15(17)13-19(16)18/h1-13,17H. The largest absolute Gasteiger partial charge is 0.0726 e. The molecule has 2 aliphatic carbocycles. The molecule has 0 aliphatic heterocycles. The molecule has 2 aliphatic rings. The van der Waals surface area contributed by atoms with Crippen LogP contribution in [0.1, 0.15) is 17.0 Å². The van der Waals surface area contributed by atoms with Gasteiger partial charge in [-0.1, -0.05) is 72.8 Å². The summed E-state index contributed by atoms with van der Waals surface area (Å²) in [6.07, 6.45) is 11.1. The lowest BCUT2D eigenvalue weighted by Gasteiger charge is -2.13. The predicted molar refractivity (Wildman–Crippen MR) is 80.9 cm³/mol. The van der Waals surface area contributed by atoms with Crippen LogP contribution in [0.5, 0.6) is 0 Å². The van der Waals surface area contributed by atoms with Crippen molar-refractivity contribution in [2.24, 2.45) is 0 Å². The molecule has 2 aromatic carbocycles. The van der Waals surface area contributed by atoms with Crippen LogP contribution in [0.15, 0.2) is 78.4 Å². The second-order valence-electron chi connectivity index (χ2n) is 5.04. The molecule has 0 spiro atoms. The van der Waals surface area contributed by atoms with Crippen LogP contribution in [0.25, 0.3) is 17.2 Å². The number of rotatable bonds is 1. The van der Waals surface area contributed by atoms with E-state index >= 15 is 0 Å². The molecular formula is C19H14. The lowest BCUT2D eigenvalue weighted by molar-refractivity contribution is 1.05. The molecule has 0 fully saturated rings. The fourth-order valence-electron chi connectivity index (χ4n) is 3.03. The van der Waals surface area contributed by atoms with Crippen molar-refractivity contribution in [1.29, 1.82) is 0 Å². The van der Waals surface area contributed by atoms with Crippen molar-refractivity contribution in [2.45, 2.75) is 5.92 Å². The van der Waals surface area contributed by atoms with Crippen molar-refractivity contribution < 1.29 is 0 Å². The maximum Gasteiger partial charge on any atom is 0.0278 e. The number of allylic oxidation sites excluding steroid dienone is 5. The molecular weight excluding hydrogens is 228 g/mol. The highest BCUT2D eigenvalue weighted by Crippen LogP contribution is 2.43. The van der Waals surface area contributed by atoms with Gasteiger partial charge in [0.2, 0.25) is 0 Å². The van der Waals surface area contributed by atoms with Gasteiger partial charge in [-0.25, -0.2) is 0 Å². The van der Waals surface area contributed by atoms with Crippen LogP contribution < -0.4 is 0 Å². The van der Waals surface area contributed by atoms with Crippen LogP contribution in [-0.2, 0) is 0 Å².